The van der Waals surface area contributed by atoms with E-state index in [1.54, 1.807) is 6.07 Å². The third-order valence-electron chi connectivity index (χ3n) is 4.55. The van der Waals surface area contributed by atoms with Crippen LogP contribution < -0.4 is 10.1 Å². The van der Waals surface area contributed by atoms with E-state index in [9.17, 15) is 13.2 Å². The Hall–Kier alpha value is -2.18. The van der Waals surface area contributed by atoms with Crippen molar-refractivity contribution in [3.8, 4) is 16.9 Å². The van der Waals surface area contributed by atoms with Crippen LogP contribution in [0.3, 0.4) is 0 Å². The van der Waals surface area contributed by atoms with Gasteiger partial charge in [0, 0.05) is 42.8 Å². The molecule has 4 rings (SSSR count). The van der Waals surface area contributed by atoms with E-state index in [4.69, 9.17) is 11.6 Å². The van der Waals surface area contributed by atoms with E-state index in [2.05, 4.69) is 20.7 Å². The van der Waals surface area contributed by atoms with Crippen molar-refractivity contribution in [2.45, 2.75) is 19.3 Å². The van der Waals surface area contributed by atoms with Gasteiger partial charge in [0.1, 0.15) is 5.75 Å². The van der Waals surface area contributed by atoms with E-state index in [1.165, 1.54) is 17.8 Å². The lowest BCUT2D eigenvalue weighted by molar-refractivity contribution is -0.274. The molecule has 0 radical (unpaired) electrons. The molecule has 0 fully saturated rings. The highest BCUT2D eigenvalue weighted by Gasteiger charge is 2.31. The van der Waals surface area contributed by atoms with Crippen molar-refractivity contribution in [1.82, 2.24) is 9.88 Å². The van der Waals surface area contributed by atoms with E-state index in [0.29, 0.717) is 5.56 Å². The number of nitrogens with zero attached hydrogens (tertiary/aromatic N) is 1. The van der Waals surface area contributed by atoms with Crippen LogP contribution in [0.2, 0.25) is 5.02 Å². The Kier molecular flexibility index (Phi) is 4.32. The maximum Gasteiger partial charge on any atom is 0.573 e. The Morgan fingerprint density at radius 2 is 1.88 bits per heavy atom. The van der Waals surface area contributed by atoms with Gasteiger partial charge in [0.15, 0.2) is 0 Å². The van der Waals surface area contributed by atoms with E-state index in [0.717, 1.165) is 42.5 Å². The molecule has 0 unspecified atom stereocenters. The molecule has 2 heterocycles. The number of nitrogens with one attached hydrogen (secondary N) is 1. The summed E-state index contributed by atoms with van der Waals surface area (Å²) in [5.74, 6) is -0.324. The highest BCUT2D eigenvalue weighted by Crippen LogP contribution is 2.35. The van der Waals surface area contributed by atoms with Crippen LogP contribution in [0.15, 0.2) is 42.5 Å². The fourth-order valence-electron chi connectivity index (χ4n) is 3.41. The first-order chi connectivity index (χ1) is 12.4. The van der Waals surface area contributed by atoms with Crippen LogP contribution in [-0.4, -0.2) is 24.0 Å². The van der Waals surface area contributed by atoms with E-state index in [1.807, 2.05) is 18.2 Å². The molecule has 3 aromatic rings. The average Bonchev–Trinajstić information content (AvgIpc) is 2.74. The number of benzene rings is 2. The maximum absolute atomic E-state index is 12.4. The van der Waals surface area contributed by atoms with Crippen molar-refractivity contribution in [2.24, 2.45) is 0 Å². The molecule has 0 bridgehead atoms. The van der Waals surface area contributed by atoms with Gasteiger partial charge in [-0.1, -0.05) is 23.7 Å². The summed E-state index contributed by atoms with van der Waals surface area (Å²) >= 11 is 6.22. The van der Waals surface area contributed by atoms with Gasteiger partial charge in [0.25, 0.3) is 0 Å². The first kappa shape index (κ1) is 17.2. The summed E-state index contributed by atoms with van der Waals surface area (Å²) in [7, 11) is 0. The molecule has 136 valence electrons. The molecular weight excluding hydrogens is 365 g/mol. The summed E-state index contributed by atoms with van der Waals surface area (Å²) in [6.07, 6.45) is -3.77. The second kappa shape index (κ2) is 6.52. The molecule has 3 nitrogen and oxygen atoms in total. The predicted molar refractivity (Wildman–Crippen MR) is 95.6 cm³/mol. The lowest BCUT2D eigenvalue weighted by Gasteiger charge is -2.12. The Labute approximate surface area is 153 Å². The zero-order chi connectivity index (χ0) is 18.3. The Balaban J connectivity index is 1.73. The molecule has 1 aromatic heterocycles. The molecule has 0 amide bonds. The van der Waals surface area contributed by atoms with Crippen LogP contribution in [0.25, 0.3) is 22.0 Å². The lowest BCUT2D eigenvalue weighted by Crippen LogP contribution is -2.17. The molecule has 0 aliphatic carbocycles. The molecule has 1 aliphatic heterocycles. The minimum atomic E-state index is -4.73. The molecular formula is C19H16ClF3N2O. The van der Waals surface area contributed by atoms with E-state index >= 15 is 0 Å². The first-order valence-corrected chi connectivity index (χ1v) is 8.67. The summed E-state index contributed by atoms with van der Waals surface area (Å²) in [5, 5.41) is 4.75. The quantitative estimate of drug-likeness (QED) is 0.676. The van der Waals surface area contributed by atoms with Crippen molar-refractivity contribution in [2.75, 3.05) is 13.1 Å². The Bertz CT molecular complexity index is 965. The molecule has 1 N–H and O–H groups in total. The number of hydrogen-bond donors (Lipinski definition) is 1. The standard InChI is InChI=1S/C19H16ClF3N2O/c20-17-11-15(26-19(21,22)23)3-4-16(17)12-1-2-13-9-14-5-6-24-7-8-25(14)18(13)10-12/h1-4,9-11,24H,5-8H2. The van der Waals surface area contributed by atoms with Crippen LogP contribution in [0.1, 0.15) is 5.69 Å². The monoisotopic (exact) mass is 380 g/mol. The second-order valence-electron chi connectivity index (χ2n) is 6.25. The first-order valence-electron chi connectivity index (χ1n) is 8.29. The number of fused-ring (bicyclic) bond motifs is 3. The zero-order valence-corrected chi connectivity index (χ0v) is 14.5. The maximum atomic E-state index is 12.4. The number of rotatable bonds is 2. The van der Waals surface area contributed by atoms with Gasteiger partial charge in [-0.05, 0) is 41.3 Å². The summed E-state index contributed by atoms with van der Waals surface area (Å²) in [4.78, 5) is 0. The lowest BCUT2D eigenvalue weighted by atomic mass is 10.0. The minimum absolute atomic E-state index is 0.218. The SMILES string of the molecule is FC(F)(F)Oc1ccc(-c2ccc3cc4n(c3c2)CCNCC4)c(Cl)c1. The third-order valence-corrected chi connectivity index (χ3v) is 4.86. The van der Waals surface area contributed by atoms with Crippen molar-refractivity contribution >= 4 is 22.5 Å². The largest absolute Gasteiger partial charge is 0.573 e. The van der Waals surface area contributed by atoms with Crippen LogP contribution in [0, 0.1) is 0 Å². The van der Waals surface area contributed by atoms with Crippen LogP contribution in [-0.2, 0) is 13.0 Å². The molecule has 0 atom stereocenters. The normalized spacial score (nSPS) is 14.9. The number of aromatic nitrogens is 1. The smallest absolute Gasteiger partial charge is 0.406 e. The fourth-order valence-corrected chi connectivity index (χ4v) is 3.69. The van der Waals surface area contributed by atoms with Crippen molar-refractivity contribution in [3.63, 3.8) is 0 Å². The second-order valence-corrected chi connectivity index (χ2v) is 6.66. The molecule has 0 saturated heterocycles. The Morgan fingerprint density at radius 3 is 2.65 bits per heavy atom. The minimum Gasteiger partial charge on any atom is -0.406 e. The topological polar surface area (TPSA) is 26.2 Å². The molecule has 2 aromatic carbocycles. The van der Waals surface area contributed by atoms with Gasteiger partial charge in [-0.25, -0.2) is 0 Å². The van der Waals surface area contributed by atoms with Crippen LogP contribution in [0.5, 0.6) is 5.75 Å². The van der Waals surface area contributed by atoms with Gasteiger partial charge < -0.3 is 14.6 Å². The number of hydrogen-bond acceptors (Lipinski definition) is 2. The van der Waals surface area contributed by atoms with Crippen molar-refractivity contribution in [3.05, 3.63) is 53.2 Å². The predicted octanol–water partition coefficient (Wildman–Crippen LogP) is 5.01. The molecule has 7 heteroatoms. The molecule has 26 heavy (non-hydrogen) atoms. The molecule has 1 aliphatic rings. The van der Waals surface area contributed by atoms with E-state index < -0.39 is 6.36 Å². The van der Waals surface area contributed by atoms with Crippen LogP contribution >= 0.6 is 11.6 Å². The zero-order valence-electron chi connectivity index (χ0n) is 13.7. The summed E-state index contributed by atoms with van der Waals surface area (Å²) in [5.41, 5.74) is 3.92. The fraction of sp³-hybridized carbons (Fsp3) is 0.263. The molecule has 0 spiro atoms. The summed E-state index contributed by atoms with van der Waals surface area (Å²) < 4.78 is 43.3. The van der Waals surface area contributed by atoms with Gasteiger partial charge in [-0.3, -0.25) is 0 Å². The number of ether oxygens (including phenoxy) is 1. The van der Waals surface area contributed by atoms with E-state index in [-0.39, 0.29) is 10.8 Å². The number of halogens is 4. The van der Waals surface area contributed by atoms with Crippen molar-refractivity contribution in [1.29, 1.82) is 0 Å². The van der Waals surface area contributed by atoms with Gasteiger partial charge in [0.05, 0.1) is 5.02 Å². The van der Waals surface area contributed by atoms with Crippen molar-refractivity contribution < 1.29 is 17.9 Å². The number of alkyl halides is 3. The van der Waals surface area contributed by atoms with Crippen LogP contribution in [0.4, 0.5) is 13.2 Å². The van der Waals surface area contributed by atoms with Gasteiger partial charge in [-0.15, -0.1) is 13.2 Å². The highest BCUT2D eigenvalue weighted by atomic mass is 35.5. The van der Waals surface area contributed by atoms with Gasteiger partial charge >= 0.3 is 6.36 Å². The molecule has 0 saturated carbocycles. The van der Waals surface area contributed by atoms with Gasteiger partial charge in [0.2, 0.25) is 0 Å². The summed E-state index contributed by atoms with van der Waals surface area (Å²) in [6, 6.07) is 12.2. The average molecular weight is 381 g/mol. The Morgan fingerprint density at radius 1 is 1.04 bits per heavy atom. The van der Waals surface area contributed by atoms with Gasteiger partial charge in [-0.2, -0.15) is 0 Å². The summed E-state index contributed by atoms with van der Waals surface area (Å²) in [6.45, 7) is 2.75. The highest BCUT2D eigenvalue weighted by molar-refractivity contribution is 6.33. The third kappa shape index (κ3) is 3.39.